The van der Waals surface area contributed by atoms with E-state index in [2.05, 4.69) is 60.7 Å². The van der Waals surface area contributed by atoms with E-state index in [9.17, 15) is 0 Å². The Balaban J connectivity index is 2.01. The van der Waals surface area contributed by atoms with Gasteiger partial charge < -0.3 is 9.47 Å². The van der Waals surface area contributed by atoms with Crippen molar-refractivity contribution in [2.45, 2.75) is 24.9 Å². The number of benzene rings is 2. The third kappa shape index (κ3) is 2.47. The molecule has 2 nitrogen and oxygen atoms in total. The van der Waals surface area contributed by atoms with Crippen LogP contribution < -0.4 is 0 Å². The van der Waals surface area contributed by atoms with Gasteiger partial charge in [-0.25, -0.2) is 0 Å². The first-order valence-corrected chi connectivity index (χ1v) is 7.75. The van der Waals surface area contributed by atoms with Crippen LogP contribution >= 0.6 is 0 Å². The molecular weight excluding hydrogens is 272 g/mol. The van der Waals surface area contributed by atoms with Crippen molar-refractivity contribution in [3.05, 3.63) is 77.9 Å². The van der Waals surface area contributed by atoms with E-state index in [-0.39, 0.29) is 11.5 Å². The Hall–Kier alpha value is -1.64. The second kappa shape index (κ2) is 6.23. The Labute approximate surface area is 133 Å². The Morgan fingerprint density at radius 2 is 1.45 bits per heavy atom. The Morgan fingerprint density at radius 1 is 0.955 bits per heavy atom. The first-order valence-electron chi connectivity index (χ1n) is 7.75. The lowest BCUT2D eigenvalue weighted by Crippen LogP contribution is -2.27. The SMILES string of the molecule is CO[C](C)C(OC)C1CC1(c1ccccc1)c1ccccc1. The van der Waals surface area contributed by atoms with E-state index < -0.39 is 0 Å². The highest BCUT2D eigenvalue weighted by Crippen LogP contribution is 2.61. The first kappa shape index (κ1) is 15.3. The van der Waals surface area contributed by atoms with E-state index in [1.54, 1.807) is 14.2 Å². The molecule has 0 spiro atoms. The predicted octanol–water partition coefficient (Wildman–Crippen LogP) is 4.21. The summed E-state index contributed by atoms with van der Waals surface area (Å²) in [4.78, 5) is 0. The Morgan fingerprint density at radius 3 is 1.86 bits per heavy atom. The maximum atomic E-state index is 5.76. The molecule has 0 aromatic heterocycles. The summed E-state index contributed by atoms with van der Waals surface area (Å²) in [6.45, 7) is 2.01. The fraction of sp³-hybridized carbons (Fsp3) is 0.350. The summed E-state index contributed by atoms with van der Waals surface area (Å²) in [5.74, 6) is 0.405. The normalized spacial score (nSPS) is 20.8. The quantitative estimate of drug-likeness (QED) is 0.795. The van der Waals surface area contributed by atoms with Crippen molar-refractivity contribution in [2.75, 3.05) is 14.2 Å². The van der Waals surface area contributed by atoms with Crippen LogP contribution in [-0.4, -0.2) is 20.3 Å². The van der Waals surface area contributed by atoms with Gasteiger partial charge in [-0.05, 0) is 24.5 Å². The van der Waals surface area contributed by atoms with Crippen LogP contribution in [0.3, 0.4) is 0 Å². The van der Waals surface area contributed by atoms with Gasteiger partial charge in [0.1, 0.15) is 6.10 Å². The average molecular weight is 295 g/mol. The fourth-order valence-electron chi connectivity index (χ4n) is 3.68. The number of methoxy groups -OCH3 is 2. The molecule has 115 valence electrons. The molecule has 2 unspecified atom stereocenters. The highest BCUT2D eigenvalue weighted by atomic mass is 16.5. The molecule has 2 aromatic rings. The van der Waals surface area contributed by atoms with Crippen molar-refractivity contribution in [3.63, 3.8) is 0 Å². The molecule has 22 heavy (non-hydrogen) atoms. The van der Waals surface area contributed by atoms with Crippen LogP contribution in [0.1, 0.15) is 24.5 Å². The van der Waals surface area contributed by atoms with Crippen molar-refractivity contribution in [1.82, 2.24) is 0 Å². The molecule has 2 atom stereocenters. The van der Waals surface area contributed by atoms with Crippen LogP contribution in [-0.2, 0) is 14.9 Å². The van der Waals surface area contributed by atoms with E-state index in [1.807, 2.05) is 6.92 Å². The van der Waals surface area contributed by atoms with Gasteiger partial charge in [-0.15, -0.1) is 0 Å². The summed E-state index contributed by atoms with van der Waals surface area (Å²) < 4.78 is 11.2. The van der Waals surface area contributed by atoms with Crippen molar-refractivity contribution in [3.8, 4) is 0 Å². The predicted molar refractivity (Wildman–Crippen MR) is 88.5 cm³/mol. The molecule has 2 aromatic carbocycles. The minimum absolute atomic E-state index is 0.0189. The van der Waals surface area contributed by atoms with Gasteiger partial charge in [-0.2, -0.15) is 0 Å². The molecule has 1 radical (unpaired) electrons. The van der Waals surface area contributed by atoms with Crippen LogP contribution in [0.4, 0.5) is 0 Å². The maximum absolute atomic E-state index is 5.76. The van der Waals surface area contributed by atoms with Gasteiger partial charge in [0, 0.05) is 25.6 Å². The number of ether oxygens (including phenoxy) is 2. The summed E-state index contributed by atoms with van der Waals surface area (Å²) >= 11 is 0. The van der Waals surface area contributed by atoms with E-state index in [4.69, 9.17) is 9.47 Å². The number of rotatable bonds is 6. The maximum Gasteiger partial charge on any atom is 0.122 e. The zero-order valence-corrected chi connectivity index (χ0v) is 13.5. The van der Waals surface area contributed by atoms with Crippen LogP contribution in [0.15, 0.2) is 60.7 Å². The molecule has 3 rings (SSSR count). The van der Waals surface area contributed by atoms with Crippen LogP contribution in [0, 0.1) is 12.0 Å². The summed E-state index contributed by atoms with van der Waals surface area (Å²) in [7, 11) is 3.49. The molecule has 0 heterocycles. The molecule has 0 N–H and O–H groups in total. The smallest absolute Gasteiger partial charge is 0.122 e. The lowest BCUT2D eigenvalue weighted by molar-refractivity contribution is 0.0202. The van der Waals surface area contributed by atoms with Gasteiger partial charge in [-0.3, -0.25) is 0 Å². The lowest BCUT2D eigenvalue weighted by Gasteiger charge is -2.26. The van der Waals surface area contributed by atoms with E-state index in [1.165, 1.54) is 11.1 Å². The minimum atomic E-state index is 0.0189. The van der Waals surface area contributed by atoms with Crippen molar-refractivity contribution in [2.24, 2.45) is 5.92 Å². The van der Waals surface area contributed by atoms with Crippen molar-refractivity contribution in [1.29, 1.82) is 0 Å². The monoisotopic (exact) mass is 295 g/mol. The van der Waals surface area contributed by atoms with E-state index >= 15 is 0 Å². The Kier molecular flexibility index (Phi) is 4.32. The molecule has 1 saturated carbocycles. The fourth-order valence-corrected chi connectivity index (χ4v) is 3.68. The largest absolute Gasteiger partial charge is 0.378 e. The molecule has 1 aliphatic rings. The molecule has 0 amide bonds. The van der Waals surface area contributed by atoms with Crippen molar-refractivity contribution < 1.29 is 9.47 Å². The van der Waals surface area contributed by atoms with Crippen LogP contribution in [0.5, 0.6) is 0 Å². The molecule has 0 saturated heterocycles. The van der Waals surface area contributed by atoms with Gasteiger partial charge >= 0.3 is 0 Å². The molecule has 1 aliphatic carbocycles. The summed E-state index contributed by atoms with van der Waals surface area (Å²) in [5, 5.41) is 0. The van der Waals surface area contributed by atoms with Gasteiger partial charge in [-0.1, -0.05) is 60.7 Å². The van der Waals surface area contributed by atoms with Gasteiger partial charge in [0.25, 0.3) is 0 Å². The molecule has 0 bridgehead atoms. The molecular formula is C20H23O2. The van der Waals surface area contributed by atoms with Crippen LogP contribution in [0.2, 0.25) is 0 Å². The highest BCUT2D eigenvalue weighted by Gasteiger charge is 2.60. The minimum Gasteiger partial charge on any atom is -0.378 e. The van der Waals surface area contributed by atoms with Gasteiger partial charge in [0.05, 0.1) is 6.10 Å². The summed E-state index contributed by atoms with van der Waals surface area (Å²) in [5.41, 5.74) is 2.75. The highest BCUT2D eigenvalue weighted by molar-refractivity contribution is 5.48. The third-order valence-electron chi connectivity index (χ3n) is 4.93. The second-order valence-corrected chi connectivity index (χ2v) is 5.99. The zero-order valence-electron chi connectivity index (χ0n) is 13.5. The van der Waals surface area contributed by atoms with Gasteiger partial charge in [0.15, 0.2) is 0 Å². The topological polar surface area (TPSA) is 18.5 Å². The van der Waals surface area contributed by atoms with E-state index in [0.717, 1.165) is 12.5 Å². The Bertz CT molecular complexity index is 554. The van der Waals surface area contributed by atoms with E-state index in [0.29, 0.717) is 5.92 Å². The standard InChI is InChI=1S/C20H23O2/c1-15(21-2)19(22-3)18-14-20(18,16-10-6-4-7-11-16)17-12-8-5-9-13-17/h4-13,18-19H,14H2,1-3H3. The molecule has 2 heteroatoms. The average Bonchev–Trinajstić information content (AvgIpc) is 3.33. The number of hydrogen-bond donors (Lipinski definition) is 0. The third-order valence-corrected chi connectivity index (χ3v) is 4.93. The number of hydrogen-bond acceptors (Lipinski definition) is 2. The summed E-state index contributed by atoms with van der Waals surface area (Å²) in [6, 6.07) is 21.5. The summed E-state index contributed by atoms with van der Waals surface area (Å²) in [6.07, 6.45) is 2.05. The zero-order chi connectivity index (χ0) is 15.6. The second-order valence-electron chi connectivity index (χ2n) is 5.99. The molecule has 1 fully saturated rings. The molecule has 0 aliphatic heterocycles. The van der Waals surface area contributed by atoms with Crippen LogP contribution in [0.25, 0.3) is 0 Å². The van der Waals surface area contributed by atoms with Gasteiger partial charge in [0.2, 0.25) is 0 Å². The lowest BCUT2D eigenvalue weighted by atomic mass is 9.84. The van der Waals surface area contributed by atoms with Crippen molar-refractivity contribution >= 4 is 0 Å². The first-order chi connectivity index (χ1) is 10.7.